The normalized spacial score (nSPS) is 11.5. The van der Waals surface area contributed by atoms with Gasteiger partial charge in [0.25, 0.3) is 5.56 Å². The van der Waals surface area contributed by atoms with Gasteiger partial charge in [0.1, 0.15) is 6.61 Å². The van der Waals surface area contributed by atoms with Crippen LogP contribution in [-0.2, 0) is 11.3 Å². The molecule has 0 unspecified atom stereocenters. The van der Waals surface area contributed by atoms with Crippen LogP contribution in [0.2, 0.25) is 0 Å². The minimum atomic E-state index is -0.367. The molecule has 1 heterocycles. The highest BCUT2D eigenvalue weighted by Crippen LogP contribution is 2.33. The van der Waals surface area contributed by atoms with E-state index in [0.717, 1.165) is 25.7 Å². The number of rotatable bonds is 10. The standard InChI is InChI=1S/C25H34N2O4/c1-6-7-14-27-22-16-20(26-19(5)28)11-12-21(22)23(29)24(25(27)30)31-15-13-18(4)10-8-9-17(2)3/h9,11-13,16,29H,6-8,10,14-15H2,1-5H3,(H,26,28)/b18-13+. The largest absolute Gasteiger partial charge is 0.504 e. The summed E-state index contributed by atoms with van der Waals surface area (Å²) in [5, 5.41) is 14.0. The molecule has 2 N–H and O–H groups in total. The number of fused-ring (bicyclic) bond motifs is 1. The molecule has 0 fully saturated rings. The van der Waals surface area contributed by atoms with E-state index in [0.29, 0.717) is 23.1 Å². The van der Waals surface area contributed by atoms with Crippen LogP contribution in [0.4, 0.5) is 5.69 Å². The second kappa shape index (κ2) is 11.4. The number of hydrogen-bond acceptors (Lipinski definition) is 4. The molecular formula is C25H34N2O4. The Kier molecular flexibility index (Phi) is 8.91. The van der Waals surface area contributed by atoms with Crippen LogP contribution in [0.25, 0.3) is 10.9 Å². The number of amides is 1. The van der Waals surface area contributed by atoms with Gasteiger partial charge in [-0.15, -0.1) is 0 Å². The van der Waals surface area contributed by atoms with Gasteiger partial charge in [0.2, 0.25) is 11.7 Å². The topological polar surface area (TPSA) is 80.6 Å². The Bertz CT molecular complexity index is 1040. The first-order valence-electron chi connectivity index (χ1n) is 10.8. The molecule has 0 bridgehead atoms. The molecule has 1 aromatic heterocycles. The van der Waals surface area contributed by atoms with Crippen LogP contribution in [0, 0.1) is 0 Å². The van der Waals surface area contributed by atoms with Crippen LogP contribution in [0.3, 0.4) is 0 Å². The van der Waals surface area contributed by atoms with Crippen LogP contribution < -0.4 is 15.6 Å². The fraction of sp³-hybridized carbons (Fsp3) is 0.440. The van der Waals surface area contributed by atoms with Gasteiger partial charge in [-0.3, -0.25) is 9.59 Å². The highest BCUT2D eigenvalue weighted by atomic mass is 16.5. The fourth-order valence-corrected chi connectivity index (χ4v) is 3.32. The molecule has 1 amide bonds. The predicted octanol–water partition coefficient (Wildman–Crippen LogP) is 5.54. The summed E-state index contributed by atoms with van der Waals surface area (Å²) < 4.78 is 7.36. The summed E-state index contributed by atoms with van der Waals surface area (Å²) in [6.07, 6.45) is 7.75. The van der Waals surface area contributed by atoms with Crippen molar-refractivity contribution in [1.29, 1.82) is 0 Å². The lowest BCUT2D eigenvalue weighted by Gasteiger charge is -2.16. The lowest BCUT2D eigenvalue weighted by molar-refractivity contribution is -0.114. The maximum atomic E-state index is 13.1. The van der Waals surface area contributed by atoms with Gasteiger partial charge in [-0.2, -0.15) is 0 Å². The van der Waals surface area contributed by atoms with Crippen molar-refractivity contribution in [1.82, 2.24) is 4.57 Å². The van der Waals surface area contributed by atoms with E-state index in [1.165, 1.54) is 18.1 Å². The third kappa shape index (κ3) is 6.74. The third-order valence-corrected chi connectivity index (χ3v) is 5.00. The van der Waals surface area contributed by atoms with Crippen LogP contribution in [-0.4, -0.2) is 22.2 Å². The number of aromatic hydroxyl groups is 1. The number of anilines is 1. The lowest BCUT2D eigenvalue weighted by Crippen LogP contribution is -2.23. The van der Waals surface area contributed by atoms with Crippen LogP contribution >= 0.6 is 0 Å². The van der Waals surface area contributed by atoms with Gasteiger partial charge in [-0.05, 0) is 64.3 Å². The summed E-state index contributed by atoms with van der Waals surface area (Å²) in [6.45, 7) is 10.4. The summed E-state index contributed by atoms with van der Waals surface area (Å²) in [4.78, 5) is 24.5. The van der Waals surface area contributed by atoms with Crippen molar-refractivity contribution in [3.63, 3.8) is 0 Å². The molecule has 0 aliphatic carbocycles. The van der Waals surface area contributed by atoms with E-state index in [4.69, 9.17) is 4.74 Å². The molecule has 168 valence electrons. The van der Waals surface area contributed by atoms with Gasteiger partial charge in [0.05, 0.1) is 5.52 Å². The zero-order valence-electron chi connectivity index (χ0n) is 19.2. The molecule has 0 aliphatic heterocycles. The molecule has 31 heavy (non-hydrogen) atoms. The maximum Gasteiger partial charge on any atom is 0.297 e. The molecule has 6 nitrogen and oxygen atoms in total. The summed E-state index contributed by atoms with van der Waals surface area (Å²) >= 11 is 0. The third-order valence-electron chi connectivity index (χ3n) is 5.00. The summed E-state index contributed by atoms with van der Waals surface area (Å²) in [6, 6.07) is 5.12. The number of pyridine rings is 1. The van der Waals surface area contributed by atoms with E-state index >= 15 is 0 Å². The van der Waals surface area contributed by atoms with E-state index in [1.807, 2.05) is 13.0 Å². The highest BCUT2D eigenvalue weighted by molar-refractivity contribution is 5.94. The van der Waals surface area contributed by atoms with Crippen molar-refractivity contribution < 1.29 is 14.6 Å². The van der Waals surface area contributed by atoms with Crippen molar-refractivity contribution in [2.75, 3.05) is 11.9 Å². The Balaban J connectivity index is 2.37. The zero-order valence-corrected chi connectivity index (χ0v) is 19.2. The molecule has 6 heteroatoms. The number of aryl methyl sites for hydroxylation is 1. The van der Waals surface area contributed by atoms with E-state index in [-0.39, 0.29) is 29.6 Å². The van der Waals surface area contributed by atoms with Gasteiger partial charge >= 0.3 is 0 Å². The number of benzene rings is 1. The van der Waals surface area contributed by atoms with Crippen molar-refractivity contribution in [3.05, 3.63) is 51.9 Å². The smallest absolute Gasteiger partial charge is 0.297 e. The van der Waals surface area contributed by atoms with Crippen LogP contribution in [0.15, 0.2) is 46.3 Å². The molecule has 0 radical (unpaired) electrons. The average molecular weight is 427 g/mol. The van der Waals surface area contributed by atoms with Gasteiger partial charge in [0.15, 0.2) is 5.75 Å². The van der Waals surface area contributed by atoms with Gasteiger partial charge in [0, 0.05) is 24.5 Å². The molecule has 0 saturated carbocycles. The molecule has 0 spiro atoms. The van der Waals surface area contributed by atoms with E-state index < -0.39 is 0 Å². The number of carbonyl (C=O) groups is 1. The van der Waals surface area contributed by atoms with Gasteiger partial charge in [-0.25, -0.2) is 0 Å². The summed E-state index contributed by atoms with van der Waals surface area (Å²) in [7, 11) is 0. The number of nitrogens with one attached hydrogen (secondary N) is 1. The zero-order chi connectivity index (χ0) is 23.0. The van der Waals surface area contributed by atoms with E-state index in [2.05, 4.69) is 32.2 Å². The summed E-state index contributed by atoms with van der Waals surface area (Å²) in [5.74, 6) is -0.403. The monoisotopic (exact) mass is 426 g/mol. The van der Waals surface area contributed by atoms with Crippen molar-refractivity contribution >= 4 is 22.5 Å². The predicted molar refractivity (Wildman–Crippen MR) is 127 cm³/mol. The lowest BCUT2D eigenvalue weighted by atomic mass is 10.1. The maximum absolute atomic E-state index is 13.1. The quantitative estimate of drug-likeness (QED) is 0.489. The highest BCUT2D eigenvalue weighted by Gasteiger charge is 2.18. The Morgan fingerprint density at radius 3 is 2.58 bits per heavy atom. The Hall–Kier alpha value is -3.02. The van der Waals surface area contributed by atoms with Gasteiger partial charge in [-0.1, -0.05) is 30.6 Å². The van der Waals surface area contributed by atoms with Crippen molar-refractivity contribution in [2.45, 2.75) is 66.8 Å². The first-order valence-corrected chi connectivity index (χ1v) is 10.8. The number of aromatic nitrogens is 1. The Morgan fingerprint density at radius 1 is 1.19 bits per heavy atom. The molecule has 0 atom stereocenters. The molecular weight excluding hydrogens is 392 g/mol. The van der Waals surface area contributed by atoms with Crippen molar-refractivity contribution in [2.24, 2.45) is 0 Å². The number of ether oxygens (including phenoxy) is 1. The fourth-order valence-electron chi connectivity index (χ4n) is 3.32. The molecule has 0 saturated heterocycles. The second-order valence-corrected chi connectivity index (χ2v) is 8.08. The number of unbranched alkanes of at least 4 members (excludes halogenated alkanes) is 1. The first-order chi connectivity index (χ1) is 14.7. The van der Waals surface area contributed by atoms with Gasteiger partial charge < -0.3 is 19.7 Å². The van der Waals surface area contributed by atoms with E-state index in [1.54, 1.807) is 22.8 Å². The van der Waals surface area contributed by atoms with Crippen molar-refractivity contribution in [3.8, 4) is 11.5 Å². The number of allylic oxidation sites excluding steroid dienone is 3. The molecule has 2 aromatic rings. The second-order valence-electron chi connectivity index (χ2n) is 8.08. The number of nitrogens with zero attached hydrogens (tertiary/aromatic N) is 1. The average Bonchev–Trinajstić information content (AvgIpc) is 2.69. The Morgan fingerprint density at radius 2 is 1.94 bits per heavy atom. The molecule has 0 aliphatic rings. The van der Waals surface area contributed by atoms with E-state index in [9.17, 15) is 14.7 Å². The Labute approximate surface area is 184 Å². The number of carbonyl (C=O) groups excluding carboxylic acids is 1. The minimum Gasteiger partial charge on any atom is -0.504 e. The molecule has 1 aromatic carbocycles. The van der Waals surface area contributed by atoms with Crippen LogP contribution in [0.1, 0.15) is 60.3 Å². The number of hydrogen-bond donors (Lipinski definition) is 2. The van der Waals surface area contributed by atoms with Crippen LogP contribution in [0.5, 0.6) is 11.5 Å². The SMILES string of the molecule is CCCCn1c(=O)c(OC/C=C(\C)CCC=C(C)C)c(O)c2ccc(NC(C)=O)cc21. The first kappa shape index (κ1) is 24.3. The molecule has 2 rings (SSSR count). The minimum absolute atomic E-state index is 0.0378. The summed E-state index contributed by atoms with van der Waals surface area (Å²) in [5.41, 5.74) is 3.24.